The number of rotatable bonds is 7. The SMILES string of the molecule is C[C@@H]1C[C@H](C)CN(CCCNC(=O)[C@@]2(C)Cn3c(cc4ccccc43)C(=O)N2Cc2ccc(F)cc2)C1. The van der Waals surface area contributed by atoms with E-state index in [0.29, 0.717) is 30.6 Å². The summed E-state index contributed by atoms with van der Waals surface area (Å²) in [6, 6.07) is 15.9. The van der Waals surface area contributed by atoms with Gasteiger partial charge >= 0.3 is 0 Å². The number of aromatic nitrogens is 1. The summed E-state index contributed by atoms with van der Waals surface area (Å²) in [5, 5.41) is 4.11. The van der Waals surface area contributed by atoms with Gasteiger partial charge in [-0.3, -0.25) is 9.59 Å². The fourth-order valence-corrected chi connectivity index (χ4v) is 6.20. The summed E-state index contributed by atoms with van der Waals surface area (Å²) in [6.45, 7) is 10.8. The van der Waals surface area contributed by atoms with Crippen LogP contribution in [0.2, 0.25) is 0 Å². The third-order valence-corrected chi connectivity index (χ3v) is 7.96. The number of carbonyl (C=O) groups is 2. The molecule has 1 N–H and O–H groups in total. The summed E-state index contributed by atoms with van der Waals surface area (Å²) < 4.78 is 15.5. The standard InChI is InChI=1S/C30H37FN4O2/c1-21-15-22(2)18-33(17-21)14-6-13-32-29(37)30(3)20-34-26-8-5-4-7-24(26)16-27(34)28(36)35(30)19-23-9-11-25(31)12-10-23/h4-5,7-12,16,21-22H,6,13-15,17-20H2,1-3H3,(H,32,37)/t21-,22+,30-/m1/s1. The van der Waals surface area contributed by atoms with E-state index in [-0.39, 0.29) is 24.2 Å². The van der Waals surface area contributed by atoms with Crippen LogP contribution in [0.1, 0.15) is 49.7 Å². The van der Waals surface area contributed by atoms with Crippen molar-refractivity contribution in [1.29, 1.82) is 0 Å². The van der Waals surface area contributed by atoms with Gasteiger partial charge in [0.15, 0.2) is 0 Å². The summed E-state index contributed by atoms with van der Waals surface area (Å²) >= 11 is 0. The van der Waals surface area contributed by atoms with E-state index in [1.54, 1.807) is 17.0 Å². The number of carbonyl (C=O) groups excluding carboxylic acids is 2. The molecule has 0 bridgehead atoms. The Morgan fingerprint density at radius 2 is 1.78 bits per heavy atom. The lowest BCUT2D eigenvalue weighted by Crippen LogP contribution is -2.63. The van der Waals surface area contributed by atoms with Crippen LogP contribution in [-0.2, 0) is 17.9 Å². The van der Waals surface area contributed by atoms with Crippen LogP contribution in [-0.4, -0.2) is 57.9 Å². The molecule has 2 aliphatic heterocycles. The van der Waals surface area contributed by atoms with Gasteiger partial charge in [-0.1, -0.05) is 44.2 Å². The quantitative estimate of drug-likeness (QED) is 0.476. The van der Waals surface area contributed by atoms with Crippen molar-refractivity contribution in [3.8, 4) is 0 Å². The lowest BCUT2D eigenvalue weighted by molar-refractivity contribution is -0.133. The Labute approximate surface area is 218 Å². The first kappa shape index (κ1) is 25.5. The second-order valence-corrected chi connectivity index (χ2v) is 11.3. The Balaban J connectivity index is 1.35. The largest absolute Gasteiger partial charge is 0.354 e. The first-order valence-electron chi connectivity index (χ1n) is 13.4. The number of hydrogen-bond acceptors (Lipinski definition) is 3. The van der Waals surface area contributed by atoms with Crippen LogP contribution in [0.4, 0.5) is 4.39 Å². The summed E-state index contributed by atoms with van der Waals surface area (Å²) in [7, 11) is 0. The fraction of sp³-hybridized carbons (Fsp3) is 0.467. The molecule has 0 spiro atoms. The van der Waals surface area contributed by atoms with Crippen molar-refractivity contribution in [1.82, 2.24) is 19.7 Å². The molecule has 1 aromatic heterocycles. The number of nitrogens with one attached hydrogen (secondary N) is 1. The molecule has 0 aliphatic carbocycles. The highest BCUT2D eigenvalue weighted by Crippen LogP contribution is 2.33. The molecular weight excluding hydrogens is 467 g/mol. The Morgan fingerprint density at radius 3 is 2.51 bits per heavy atom. The van der Waals surface area contributed by atoms with Gasteiger partial charge in [-0.15, -0.1) is 0 Å². The molecule has 5 rings (SSSR count). The molecule has 2 aromatic carbocycles. The molecule has 3 atom stereocenters. The van der Waals surface area contributed by atoms with Gasteiger partial charge in [0.25, 0.3) is 5.91 Å². The van der Waals surface area contributed by atoms with E-state index in [2.05, 4.69) is 24.1 Å². The molecule has 1 fully saturated rings. The molecule has 2 aliphatic rings. The van der Waals surface area contributed by atoms with Gasteiger partial charge < -0.3 is 19.7 Å². The van der Waals surface area contributed by atoms with Crippen molar-refractivity contribution < 1.29 is 14.0 Å². The summed E-state index contributed by atoms with van der Waals surface area (Å²) in [5.41, 5.74) is 1.21. The monoisotopic (exact) mass is 504 g/mol. The van der Waals surface area contributed by atoms with E-state index >= 15 is 0 Å². The van der Waals surface area contributed by atoms with Crippen LogP contribution in [0, 0.1) is 17.7 Å². The van der Waals surface area contributed by atoms with Gasteiger partial charge in [0, 0.05) is 37.1 Å². The van der Waals surface area contributed by atoms with Gasteiger partial charge in [-0.2, -0.15) is 0 Å². The lowest BCUT2D eigenvalue weighted by atomic mass is 9.92. The molecule has 0 unspecified atom stereocenters. The number of hydrogen-bond donors (Lipinski definition) is 1. The number of fused-ring (bicyclic) bond motifs is 3. The normalized spacial score (nSPS) is 24.3. The smallest absolute Gasteiger partial charge is 0.271 e. The van der Waals surface area contributed by atoms with E-state index in [0.717, 1.165) is 42.5 Å². The van der Waals surface area contributed by atoms with Crippen molar-refractivity contribution >= 4 is 22.7 Å². The number of nitrogens with zero attached hydrogens (tertiary/aromatic N) is 3. The minimum atomic E-state index is -1.09. The van der Waals surface area contributed by atoms with Crippen LogP contribution >= 0.6 is 0 Å². The number of amides is 2. The summed E-state index contributed by atoms with van der Waals surface area (Å²) in [6.07, 6.45) is 2.14. The molecular formula is C30H37FN4O2. The van der Waals surface area contributed by atoms with E-state index in [1.807, 2.05) is 41.8 Å². The number of piperidine rings is 1. The molecule has 6 nitrogen and oxygen atoms in total. The van der Waals surface area contributed by atoms with Crippen LogP contribution in [0.15, 0.2) is 54.6 Å². The molecule has 1 saturated heterocycles. The second kappa shape index (κ2) is 10.3. The highest BCUT2D eigenvalue weighted by atomic mass is 19.1. The van der Waals surface area contributed by atoms with Crippen LogP contribution in [0.25, 0.3) is 10.9 Å². The minimum absolute atomic E-state index is 0.160. The molecule has 7 heteroatoms. The molecule has 196 valence electrons. The maximum atomic E-state index is 13.8. The molecule has 0 radical (unpaired) electrons. The van der Waals surface area contributed by atoms with E-state index in [4.69, 9.17) is 0 Å². The molecule has 3 heterocycles. The van der Waals surface area contributed by atoms with Crippen LogP contribution in [0.5, 0.6) is 0 Å². The molecule has 0 saturated carbocycles. The van der Waals surface area contributed by atoms with Gasteiger partial charge in [-0.25, -0.2) is 4.39 Å². The lowest BCUT2D eigenvalue weighted by Gasteiger charge is -2.44. The predicted molar refractivity (Wildman–Crippen MR) is 144 cm³/mol. The Kier molecular flexibility index (Phi) is 7.08. The number of halogens is 1. The summed E-state index contributed by atoms with van der Waals surface area (Å²) in [5.74, 6) is 0.728. The van der Waals surface area contributed by atoms with Crippen LogP contribution < -0.4 is 5.32 Å². The Bertz CT molecular complexity index is 1280. The maximum Gasteiger partial charge on any atom is 0.271 e. The van der Waals surface area contributed by atoms with Gasteiger partial charge in [0.1, 0.15) is 17.1 Å². The number of benzene rings is 2. The Hall–Kier alpha value is -3.19. The molecule has 2 amide bonds. The average molecular weight is 505 g/mol. The first-order valence-corrected chi connectivity index (χ1v) is 13.4. The van der Waals surface area contributed by atoms with Crippen LogP contribution in [0.3, 0.4) is 0 Å². The van der Waals surface area contributed by atoms with E-state index < -0.39 is 5.54 Å². The number of likely N-dealkylation sites (tertiary alicyclic amines) is 1. The van der Waals surface area contributed by atoms with Crippen molar-refractivity contribution in [2.75, 3.05) is 26.2 Å². The third kappa shape index (κ3) is 5.14. The third-order valence-electron chi connectivity index (χ3n) is 7.96. The second-order valence-electron chi connectivity index (χ2n) is 11.3. The minimum Gasteiger partial charge on any atom is -0.354 e. The first-order chi connectivity index (χ1) is 17.7. The fourth-order valence-electron chi connectivity index (χ4n) is 6.20. The highest BCUT2D eigenvalue weighted by Gasteiger charge is 2.47. The van der Waals surface area contributed by atoms with E-state index in [1.165, 1.54) is 18.6 Å². The predicted octanol–water partition coefficient (Wildman–Crippen LogP) is 4.68. The van der Waals surface area contributed by atoms with Crippen molar-refractivity contribution in [2.45, 2.75) is 52.2 Å². The number of para-hydroxylation sites is 1. The van der Waals surface area contributed by atoms with Gasteiger partial charge in [0.05, 0.1) is 6.54 Å². The highest BCUT2D eigenvalue weighted by molar-refractivity contribution is 6.03. The Morgan fingerprint density at radius 1 is 1.08 bits per heavy atom. The maximum absolute atomic E-state index is 13.8. The van der Waals surface area contributed by atoms with Gasteiger partial charge in [0.2, 0.25) is 5.91 Å². The van der Waals surface area contributed by atoms with Crippen molar-refractivity contribution in [3.63, 3.8) is 0 Å². The summed E-state index contributed by atoms with van der Waals surface area (Å²) in [4.78, 5) is 31.7. The zero-order valence-electron chi connectivity index (χ0n) is 22.0. The van der Waals surface area contributed by atoms with Gasteiger partial charge in [-0.05, 0) is 68.0 Å². The molecule has 3 aromatic rings. The topological polar surface area (TPSA) is 57.6 Å². The van der Waals surface area contributed by atoms with Crippen molar-refractivity contribution in [2.24, 2.45) is 11.8 Å². The zero-order valence-corrected chi connectivity index (χ0v) is 22.0. The zero-order chi connectivity index (χ0) is 26.2. The molecule has 37 heavy (non-hydrogen) atoms. The van der Waals surface area contributed by atoms with Crippen molar-refractivity contribution in [3.05, 3.63) is 71.7 Å². The average Bonchev–Trinajstić information content (AvgIpc) is 3.23. The van der Waals surface area contributed by atoms with E-state index in [9.17, 15) is 14.0 Å².